The van der Waals surface area contributed by atoms with Gasteiger partial charge in [-0.2, -0.15) is 0 Å². The Labute approximate surface area is 103 Å². The van der Waals surface area contributed by atoms with Crippen LogP contribution in [-0.2, 0) is 6.54 Å². The Morgan fingerprint density at radius 1 is 0.944 bits per heavy atom. The van der Waals surface area contributed by atoms with Gasteiger partial charge < -0.3 is 5.73 Å². The predicted octanol–water partition coefficient (Wildman–Crippen LogP) is 3.54. The predicted molar refractivity (Wildman–Crippen MR) is 64.4 cm³/mol. The summed E-state index contributed by atoms with van der Waals surface area (Å²) in [6.45, 7) is 1.60. The zero-order chi connectivity index (χ0) is 13.3. The normalized spacial score (nSPS) is 10.7. The van der Waals surface area contributed by atoms with Crippen molar-refractivity contribution in [3.63, 3.8) is 0 Å². The lowest BCUT2D eigenvalue weighted by molar-refractivity contribution is 0.505. The van der Waals surface area contributed by atoms with Gasteiger partial charge in [0.05, 0.1) is 0 Å². The molecule has 0 heterocycles. The SMILES string of the molecule is Cc1ccc(-c2cc(F)ccc2CN)c(F)c1F. The zero-order valence-electron chi connectivity index (χ0n) is 9.81. The first kappa shape index (κ1) is 12.6. The van der Waals surface area contributed by atoms with E-state index < -0.39 is 17.5 Å². The van der Waals surface area contributed by atoms with E-state index in [2.05, 4.69) is 0 Å². The minimum Gasteiger partial charge on any atom is -0.326 e. The lowest BCUT2D eigenvalue weighted by Crippen LogP contribution is -2.02. The molecular weight excluding hydrogens is 239 g/mol. The van der Waals surface area contributed by atoms with Gasteiger partial charge in [-0.25, -0.2) is 13.2 Å². The molecule has 0 aliphatic rings. The molecule has 94 valence electrons. The molecule has 2 rings (SSSR count). The Morgan fingerprint density at radius 2 is 1.67 bits per heavy atom. The molecule has 2 aromatic rings. The van der Waals surface area contributed by atoms with E-state index in [9.17, 15) is 13.2 Å². The maximum atomic E-state index is 13.9. The van der Waals surface area contributed by atoms with Crippen molar-refractivity contribution in [1.82, 2.24) is 0 Å². The van der Waals surface area contributed by atoms with Gasteiger partial charge in [0.1, 0.15) is 5.82 Å². The molecule has 0 atom stereocenters. The van der Waals surface area contributed by atoms with Crippen molar-refractivity contribution in [2.45, 2.75) is 13.5 Å². The van der Waals surface area contributed by atoms with Crippen LogP contribution >= 0.6 is 0 Å². The van der Waals surface area contributed by atoms with E-state index in [1.54, 1.807) is 0 Å². The average molecular weight is 251 g/mol. The summed E-state index contributed by atoms with van der Waals surface area (Å²) in [6, 6.07) is 6.77. The monoisotopic (exact) mass is 251 g/mol. The Balaban J connectivity index is 2.69. The summed E-state index contributed by atoms with van der Waals surface area (Å²) in [6.07, 6.45) is 0. The van der Waals surface area contributed by atoms with Crippen LogP contribution in [0.15, 0.2) is 30.3 Å². The van der Waals surface area contributed by atoms with Crippen LogP contribution in [-0.4, -0.2) is 0 Å². The van der Waals surface area contributed by atoms with Crippen molar-refractivity contribution >= 4 is 0 Å². The third-order valence-electron chi connectivity index (χ3n) is 2.86. The van der Waals surface area contributed by atoms with Gasteiger partial charge in [-0.05, 0) is 35.7 Å². The standard InChI is InChI=1S/C14H12F3N/c1-8-2-5-11(14(17)13(8)16)12-6-10(15)4-3-9(12)7-18/h2-6H,7,18H2,1H3. The number of rotatable bonds is 2. The molecule has 0 bridgehead atoms. The molecule has 0 amide bonds. The van der Waals surface area contributed by atoms with E-state index in [1.165, 1.54) is 31.2 Å². The van der Waals surface area contributed by atoms with Gasteiger partial charge >= 0.3 is 0 Å². The molecule has 4 heteroatoms. The molecule has 18 heavy (non-hydrogen) atoms. The van der Waals surface area contributed by atoms with Crippen molar-refractivity contribution < 1.29 is 13.2 Å². The quantitative estimate of drug-likeness (QED) is 0.868. The minimum absolute atomic E-state index is 0.0260. The van der Waals surface area contributed by atoms with Crippen LogP contribution in [0, 0.1) is 24.4 Å². The summed E-state index contributed by atoms with van der Waals surface area (Å²) >= 11 is 0. The summed E-state index contributed by atoms with van der Waals surface area (Å²) in [5, 5.41) is 0. The second-order valence-electron chi connectivity index (χ2n) is 4.06. The molecule has 0 aromatic heterocycles. The van der Waals surface area contributed by atoms with E-state index in [4.69, 9.17) is 5.73 Å². The van der Waals surface area contributed by atoms with Crippen LogP contribution in [0.3, 0.4) is 0 Å². The first-order chi connectivity index (χ1) is 8.54. The fraction of sp³-hybridized carbons (Fsp3) is 0.143. The Kier molecular flexibility index (Phi) is 3.39. The number of hydrogen-bond donors (Lipinski definition) is 1. The Morgan fingerprint density at radius 3 is 2.33 bits per heavy atom. The number of halogens is 3. The summed E-state index contributed by atoms with van der Waals surface area (Å²) in [5.41, 5.74) is 6.61. The highest BCUT2D eigenvalue weighted by molar-refractivity contribution is 5.68. The third-order valence-corrected chi connectivity index (χ3v) is 2.86. The molecule has 0 saturated carbocycles. The number of hydrogen-bond acceptors (Lipinski definition) is 1. The number of nitrogens with two attached hydrogens (primary N) is 1. The molecule has 2 N–H and O–H groups in total. The van der Waals surface area contributed by atoms with Crippen molar-refractivity contribution in [2.75, 3.05) is 0 Å². The van der Waals surface area contributed by atoms with E-state index in [1.807, 2.05) is 0 Å². The molecule has 0 spiro atoms. The van der Waals surface area contributed by atoms with Crippen LogP contribution < -0.4 is 5.73 Å². The third kappa shape index (κ3) is 2.11. The van der Waals surface area contributed by atoms with E-state index in [0.717, 1.165) is 6.07 Å². The molecule has 0 aliphatic heterocycles. The molecule has 0 aliphatic carbocycles. The maximum Gasteiger partial charge on any atom is 0.166 e. The summed E-state index contributed by atoms with van der Waals surface area (Å²) in [7, 11) is 0. The van der Waals surface area contributed by atoms with Crippen LogP contribution in [0.1, 0.15) is 11.1 Å². The van der Waals surface area contributed by atoms with Gasteiger partial charge in [-0.15, -0.1) is 0 Å². The lowest BCUT2D eigenvalue weighted by atomic mass is 9.97. The minimum atomic E-state index is -0.977. The topological polar surface area (TPSA) is 26.0 Å². The average Bonchev–Trinajstić information content (AvgIpc) is 2.36. The highest BCUT2D eigenvalue weighted by atomic mass is 19.2. The van der Waals surface area contributed by atoms with Gasteiger partial charge in [0, 0.05) is 12.1 Å². The molecule has 0 fully saturated rings. The van der Waals surface area contributed by atoms with Crippen LogP contribution in [0.5, 0.6) is 0 Å². The number of benzene rings is 2. The van der Waals surface area contributed by atoms with Gasteiger partial charge in [0.2, 0.25) is 0 Å². The highest BCUT2D eigenvalue weighted by Crippen LogP contribution is 2.29. The fourth-order valence-electron chi connectivity index (χ4n) is 1.83. The summed E-state index contributed by atoms with van der Waals surface area (Å²) in [4.78, 5) is 0. The maximum absolute atomic E-state index is 13.9. The highest BCUT2D eigenvalue weighted by Gasteiger charge is 2.15. The van der Waals surface area contributed by atoms with E-state index >= 15 is 0 Å². The molecule has 0 unspecified atom stereocenters. The van der Waals surface area contributed by atoms with Crippen molar-refractivity contribution in [2.24, 2.45) is 5.73 Å². The van der Waals surface area contributed by atoms with Crippen LogP contribution in [0.25, 0.3) is 11.1 Å². The van der Waals surface area contributed by atoms with Gasteiger partial charge in [-0.3, -0.25) is 0 Å². The molecule has 2 aromatic carbocycles. The fourth-order valence-corrected chi connectivity index (χ4v) is 1.83. The van der Waals surface area contributed by atoms with Gasteiger partial charge in [0.25, 0.3) is 0 Å². The van der Waals surface area contributed by atoms with E-state index in [0.29, 0.717) is 5.56 Å². The Hall–Kier alpha value is -1.81. The summed E-state index contributed by atoms with van der Waals surface area (Å²) < 4.78 is 40.6. The van der Waals surface area contributed by atoms with Crippen molar-refractivity contribution in [3.8, 4) is 11.1 Å². The second kappa shape index (κ2) is 4.82. The summed E-state index contributed by atoms with van der Waals surface area (Å²) in [5.74, 6) is -2.40. The van der Waals surface area contributed by atoms with Crippen LogP contribution in [0.2, 0.25) is 0 Å². The molecule has 1 nitrogen and oxygen atoms in total. The second-order valence-corrected chi connectivity index (χ2v) is 4.06. The van der Waals surface area contributed by atoms with Gasteiger partial charge in [-0.1, -0.05) is 18.2 Å². The Bertz CT molecular complexity index is 594. The first-order valence-electron chi connectivity index (χ1n) is 5.48. The first-order valence-corrected chi connectivity index (χ1v) is 5.48. The number of aryl methyl sites for hydroxylation is 1. The van der Waals surface area contributed by atoms with Crippen molar-refractivity contribution in [3.05, 3.63) is 58.9 Å². The molecular formula is C14H12F3N. The van der Waals surface area contributed by atoms with Crippen molar-refractivity contribution in [1.29, 1.82) is 0 Å². The van der Waals surface area contributed by atoms with Gasteiger partial charge in [0.15, 0.2) is 11.6 Å². The van der Waals surface area contributed by atoms with Crippen LogP contribution in [0.4, 0.5) is 13.2 Å². The smallest absolute Gasteiger partial charge is 0.166 e. The molecule has 0 radical (unpaired) electrons. The van der Waals surface area contributed by atoms with E-state index in [-0.39, 0.29) is 23.2 Å². The zero-order valence-corrected chi connectivity index (χ0v) is 9.81. The largest absolute Gasteiger partial charge is 0.326 e. The molecule has 0 saturated heterocycles. The lowest BCUT2D eigenvalue weighted by Gasteiger charge is -2.10.